The molecule has 4 nitrogen and oxygen atoms in total. The molecule has 0 heterocycles. The largest absolute Gasteiger partial charge is 0.496 e. The SMILES string of the molecule is COc1ccc(C#N)cc1CN(C)CC(C)(C)O. The van der Waals surface area contributed by atoms with Crippen LogP contribution in [0.3, 0.4) is 0 Å². The van der Waals surface area contributed by atoms with E-state index >= 15 is 0 Å². The molecule has 0 unspecified atom stereocenters. The number of benzene rings is 1. The molecule has 1 aromatic rings. The van der Waals surface area contributed by atoms with Gasteiger partial charge in [0, 0.05) is 18.7 Å². The molecule has 4 heteroatoms. The summed E-state index contributed by atoms with van der Waals surface area (Å²) in [4.78, 5) is 2.00. The van der Waals surface area contributed by atoms with Gasteiger partial charge in [0.1, 0.15) is 5.75 Å². The van der Waals surface area contributed by atoms with Gasteiger partial charge in [-0.3, -0.25) is 4.90 Å². The Morgan fingerprint density at radius 3 is 2.61 bits per heavy atom. The van der Waals surface area contributed by atoms with Crippen molar-refractivity contribution in [1.82, 2.24) is 4.90 Å². The standard InChI is InChI=1S/C14H20N2O2/c1-14(2,17)10-16(3)9-12-7-11(8-15)5-6-13(12)18-4/h5-7,17H,9-10H2,1-4H3. The summed E-state index contributed by atoms with van der Waals surface area (Å²) in [6.45, 7) is 4.72. The smallest absolute Gasteiger partial charge is 0.123 e. The van der Waals surface area contributed by atoms with Gasteiger partial charge in [-0.2, -0.15) is 5.26 Å². The van der Waals surface area contributed by atoms with Gasteiger partial charge in [-0.1, -0.05) is 0 Å². The van der Waals surface area contributed by atoms with E-state index in [1.807, 2.05) is 18.0 Å². The van der Waals surface area contributed by atoms with E-state index in [1.54, 1.807) is 33.1 Å². The maximum absolute atomic E-state index is 9.77. The number of rotatable bonds is 5. The van der Waals surface area contributed by atoms with Crippen molar-refractivity contribution in [2.24, 2.45) is 0 Å². The number of nitrogens with zero attached hydrogens (tertiary/aromatic N) is 2. The van der Waals surface area contributed by atoms with Crippen LogP contribution in [0, 0.1) is 11.3 Å². The summed E-state index contributed by atoms with van der Waals surface area (Å²) in [6.07, 6.45) is 0. The summed E-state index contributed by atoms with van der Waals surface area (Å²) in [5.74, 6) is 0.761. The van der Waals surface area contributed by atoms with Crippen LogP contribution in [0.1, 0.15) is 25.0 Å². The molecule has 98 valence electrons. The number of ether oxygens (including phenoxy) is 1. The maximum Gasteiger partial charge on any atom is 0.123 e. The van der Waals surface area contributed by atoms with Crippen molar-refractivity contribution in [3.05, 3.63) is 29.3 Å². The maximum atomic E-state index is 9.77. The fourth-order valence-corrected chi connectivity index (χ4v) is 1.98. The second-order valence-electron chi connectivity index (χ2n) is 5.12. The van der Waals surface area contributed by atoms with Crippen LogP contribution < -0.4 is 4.74 Å². The first kappa shape index (κ1) is 14.5. The normalized spacial score (nSPS) is 11.4. The van der Waals surface area contributed by atoms with Crippen molar-refractivity contribution < 1.29 is 9.84 Å². The molecule has 0 fully saturated rings. The number of hydrogen-bond donors (Lipinski definition) is 1. The molecular formula is C14H20N2O2. The van der Waals surface area contributed by atoms with Gasteiger partial charge >= 0.3 is 0 Å². The first-order valence-electron chi connectivity index (χ1n) is 5.83. The van der Waals surface area contributed by atoms with Crippen LogP contribution in [0.4, 0.5) is 0 Å². The van der Waals surface area contributed by atoms with Crippen LogP contribution in [0.2, 0.25) is 0 Å². The molecule has 0 spiro atoms. The van der Waals surface area contributed by atoms with Gasteiger partial charge in [0.05, 0.1) is 24.3 Å². The average molecular weight is 248 g/mol. The minimum Gasteiger partial charge on any atom is -0.496 e. The van der Waals surface area contributed by atoms with Gasteiger partial charge in [-0.25, -0.2) is 0 Å². The van der Waals surface area contributed by atoms with Crippen LogP contribution >= 0.6 is 0 Å². The number of aliphatic hydroxyl groups is 1. The predicted octanol–water partition coefficient (Wildman–Crippen LogP) is 1.77. The van der Waals surface area contributed by atoms with E-state index in [9.17, 15) is 5.11 Å². The number of likely N-dealkylation sites (N-methyl/N-ethyl adjacent to an activating group) is 1. The zero-order chi connectivity index (χ0) is 13.8. The lowest BCUT2D eigenvalue weighted by atomic mass is 10.1. The molecule has 0 aliphatic rings. The first-order chi connectivity index (χ1) is 8.35. The Labute approximate surface area is 108 Å². The fourth-order valence-electron chi connectivity index (χ4n) is 1.98. The minimum absolute atomic E-state index is 0.549. The first-order valence-corrected chi connectivity index (χ1v) is 5.83. The zero-order valence-corrected chi connectivity index (χ0v) is 11.4. The molecule has 0 bridgehead atoms. The van der Waals surface area contributed by atoms with E-state index in [1.165, 1.54) is 0 Å². The third-order valence-electron chi connectivity index (χ3n) is 2.51. The highest BCUT2D eigenvalue weighted by atomic mass is 16.5. The molecule has 1 N–H and O–H groups in total. The summed E-state index contributed by atoms with van der Waals surface area (Å²) in [6, 6.07) is 7.47. The van der Waals surface area contributed by atoms with Gasteiger partial charge in [0.15, 0.2) is 0 Å². The minimum atomic E-state index is -0.741. The topological polar surface area (TPSA) is 56.5 Å². The average Bonchev–Trinajstić information content (AvgIpc) is 2.26. The third kappa shape index (κ3) is 4.36. The summed E-state index contributed by atoms with van der Waals surface area (Å²) >= 11 is 0. The quantitative estimate of drug-likeness (QED) is 0.862. The Bertz CT molecular complexity index is 444. The zero-order valence-electron chi connectivity index (χ0n) is 11.4. The van der Waals surface area contributed by atoms with Gasteiger partial charge < -0.3 is 9.84 Å². The predicted molar refractivity (Wildman–Crippen MR) is 70.3 cm³/mol. The van der Waals surface area contributed by atoms with Gasteiger partial charge in [0.2, 0.25) is 0 Å². The molecule has 0 aliphatic carbocycles. The van der Waals surface area contributed by atoms with Gasteiger partial charge in [-0.05, 0) is 39.1 Å². The molecule has 0 aromatic heterocycles. The second kappa shape index (κ2) is 5.85. The molecule has 18 heavy (non-hydrogen) atoms. The Kier molecular flexibility index (Phi) is 4.71. The second-order valence-corrected chi connectivity index (χ2v) is 5.12. The number of methoxy groups -OCH3 is 1. The molecule has 0 amide bonds. The molecule has 0 radical (unpaired) electrons. The molecular weight excluding hydrogens is 228 g/mol. The summed E-state index contributed by atoms with van der Waals surface area (Å²) in [5.41, 5.74) is 0.820. The Morgan fingerprint density at radius 2 is 2.11 bits per heavy atom. The Balaban J connectivity index is 2.85. The molecule has 0 atom stereocenters. The van der Waals surface area contributed by atoms with Crippen LogP contribution in [0.15, 0.2) is 18.2 Å². The van der Waals surface area contributed by atoms with Crippen molar-refractivity contribution in [3.63, 3.8) is 0 Å². The highest BCUT2D eigenvalue weighted by Crippen LogP contribution is 2.21. The van der Waals surface area contributed by atoms with E-state index in [0.717, 1.165) is 11.3 Å². The molecule has 0 saturated carbocycles. The van der Waals surface area contributed by atoms with E-state index < -0.39 is 5.60 Å². The van der Waals surface area contributed by atoms with Crippen LogP contribution in [0.5, 0.6) is 5.75 Å². The van der Waals surface area contributed by atoms with Gasteiger partial charge in [-0.15, -0.1) is 0 Å². The van der Waals surface area contributed by atoms with Crippen molar-refractivity contribution >= 4 is 0 Å². The summed E-state index contributed by atoms with van der Waals surface area (Å²) < 4.78 is 5.28. The van der Waals surface area contributed by atoms with E-state index in [0.29, 0.717) is 18.7 Å². The van der Waals surface area contributed by atoms with Crippen LogP contribution in [-0.2, 0) is 6.54 Å². The van der Waals surface area contributed by atoms with Crippen molar-refractivity contribution in [1.29, 1.82) is 5.26 Å². The van der Waals surface area contributed by atoms with Crippen molar-refractivity contribution in [2.75, 3.05) is 20.7 Å². The molecule has 0 aliphatic heterocycles. The monoisotopic (exact) mass is 248 g/mol. The van der Waals surface area contributed by atoms with Gasteiger partial charge in [0.25, 0.3) is 0 Å². The van der Waals surface area contributed by atoms with E-state index in [2.05, 4.69) is 6.07 Å². The highest BCUT2D eigenvalue weighted by Gasteiger charge is 2.16. The summed E-state index contributed by atoms with van der Waals surface area (Å²) in [5, 5.41) is 18.7. The Morgan fingerprint density at radius 1 is 1.44 bits per heavy atom. The lowest BCUT2D eigenvalue weighted by molar-refractivity contribution is 0.0423. The van der Waals surface area contributed by atoms with E-state index in [-0.39, 0.29) is 0 Å². The number of nitriles is 1. The highest BCUT2D eigenvalue weighted by molar-refractivity contribution is 5.42. The van der Waals surface area contributed by atoms with Crippen molar-refractivity contribution in [2.45, 2.75) is 26.0 Å². The fraction of sp³-hybridized carbons (Fsp3) is 0.500. The Hall–Kier alpha value is -1.57. The lowest BCUT2D eigenvalue weighted by Gasteiger charge is -2.26. The lowest BCUT2D eigenvalue weighted by Crippen LogP contribution is -2.35. The van der Waals surface area contributed by atoms with E-state index in [4.69, 9.17) is 10.00 Å². The van der Waals surface area contributed by atoms with Crippen LogP contribution in [0.25, 0.3) is 0 Å². The van der Waals surface area contributed by atoms with Crippen molar-refractivity contribution in [3.8, 4) is 11.8 Å². The molecule has 1 rings (SSSR count). The number of hydrogen-bond acceptors (Lipinski definition) is 4. The van der Waals surface area contributed by atoms with Crippen LogP contribution in [-0.4, -0.2) is 36.3 Å². The summed E-state index contributed by atoms with van der Waals surface area (Å²) in [7, 11) is 3.54. The molecule has 1 aromatic carbocycles. The third-order valence-corrected chi connectivity index (χ3v) is 2.51. The molecule has 0 saturated heterocycles.